The van der Waals surface area contributed by atoms with Crippen LogP contribution in [-0.2, 0) is 20.9 Å². The van der Waals surface area contributed by atoms with Gasteiger partial charge < -0.3 is 21.1 Å². The Morgan fingerprint density at radius 3 is 2.11 bits per heavy atom. The maximum absolute atomic E-state index is 13.3. The van der Waals surface area contributed by atoms with Gasteiger partial charge in [-0.1, -0.05) is 74.5 Å². The van der Waals surface area contributed by atoms with E-state index in [1.54, 1.807) is 6.92 Å². The molecule has 5 rings (SSSR count). The van der Waals surface area contributed by atoms with E-state index < -0.39 is 24.1 Å². The fourth-order valence-electron chi connectivity index (χ4n) is 5.69. The highest BCUT2D eigenvalue weighted by Crippen LogP contribution is 2.45. The molecular weight excluding hydrogens is 554 g/mol. The van der Waals surface area contributed by atoms with Crippen molar-refractivity contribution in [2.75, 3.05) is 18.4 Å². The standard InChI is InChI=1S/C35H41N5O4/c1-4-22(2)31(39-35(43)44-32-29-11-7-5-9-27(29)28-10-6-8-12-30(28)32)34(42)37-23(3)33(41)38-26-15-13-24(14-16-26)21-40-19-17-25(36)18-20-40/h5-16,22-23,25,32H,4,17-21,36H2,1-3H3,(H,37,42)(H,38,41)/t22-,23-/m0/s1. The smallest absolute Gasteiger partial charge is 0.434 e. The van der Waals surface area contributed by atoms with Gasteiger partial charge in [-0.15, -0.1) is 0 Å². The summed E-state index contributed by atoms with van der Waals surface area (Å²) in [6.07, 6.45) is 1.12. The van der Waals surface area contributed by atoms with Crippen molar-refractivity contribution in [3.8, 4) is 11.1 Å². The molecule has 44 heavy (non-hydrogen) atoms. The van der Waals surface area contributed by atoms with Crippen LogP contribution in [-0.4, -0.2) is 53.7 Å². The van der Waals surface area contributed by atoms with E-state index in [4.69, 9.17) is 10.5 Å². The summed E-state index contributed by atoms with van der Waals surface area (Å²) in [5.41, 5.74) is 11.6. The Hall–Kier alpha value is -4.34. The number of aliphatic imine (C=N–C) groups is 1. The van der Waals surface area contributed by atoms with Gasteiger partial charge in [0.05, 0.1) is 0 Å². The van der Waals surface area contributed by atoms with Gasteiger partial charge in [-0.25, -0.2) is 4.79 Å². The van der Waals surface area contributed by atoms with Crippen molar-refractivity contribution in [1.82, 2.24) is 10.2 Å². The molecule has 0 saturated carbocycles. The van der Waals surface area contributed by atoms with Crippen LogP contribution < -0.4 is 16.4 Å². The number of nitrogens with two attached hydrogens (primary N) is 1. The first-order chi connectivity index (χ1) is 21.2. The number of likely N-dealkylation sites (tertiary alicyclic amines) is 1. The summed E-state index contributed by atoms with van der Waals surface area (Å²) in [5.74, 6) is -1.28. The van der Waals surface area contributed by atoms with Crippen LogP contribution in [0.5, 0.6) is 0 Å². The summed E-state index contributed by atoms with van der Waals surface area (Å²) in [7, 11) is 0. The number of benzene rings is 3. The molecule has 3 aromatic rings. The molecule has 230 valence electrons. The van der Waals surface area contributed by atoms with Crippen LogP contribution in [0.3, 0.4) is 0 Å². The molecule has 3 amide bonds. The number of carbonyl (C=O) groups excluding carboxylic acids is 3. The second-order valence-electron chi connectivity index (χ2n) is 11.7. The van der Waals surface area contributed by atoms with E-state index in [9.17, 15) is 14.4 Å². The number of ether oxygens (including phenoxy) is 1. The van der Waals surface area contributed by atoms with E-state index in [2.05, 4.69) is 20.5 Å². The number of piperidine rings is 1. The van der Waals surface area contributed by atoms with Crippen LogP contribution >= 0.6 is 0 Å². The molecule has 2 atom stereocenters. The number of carbonyl (C=O) groups is 3. The minimum absolute atomic E-state index is 0.0275. The van der Waals surface area contributed by atoms with Crippen molar-refractivity contribution in [2.45, 2.75) is 64.8 Å². The average molecular weight is 596 g/mol. The summed E-state index contributed by atoms with van der Waals surface area (Å²) >= 11 is 0. The molecule has 0 bridgehead atoms. The second kappa shape index (κ2) is 14.0. The zero-order chi connectivity index (χ0) is 31.2. The van der Waals surface area contributed by atoms with Gasteiger partial charge in [-0.05, 0) is 68.1 Å². The molecule has 1 saturated heterocycles. The minimum Gasteiger partial charge on any atom is -0.435 e. The maximum Gasteiger partial charge on any atom is 0.434 e. The van der Waals surface area contributed by atoms with Crippen molar-refractivity contribution in [1.29, 1.82) is 0 Å². The second-order valence-corrected chi connectivity index (χ2v) is 11.7. The number of amides is 3. The monoisotopic (exact) mass is 595 g/mol. The fourth-order valence-corrected chi connectivity index (χ4v) is 5.69. The summed E-state index contributed by atoms with van der Waals surface area (Å²) in [6, 6.07) is 22.7. The Bertz CT molecular complexity index is 1480. The number of rotatable bonds is 9. The molecule has 0 unspecified atom stereocenters. The average Bonchev–Trinajstić information content (AvgIpc) is 3.34. The molecule has 9 nitrogen and oxygen atoms in total. The Balaban J connectivity index is 1.20. The minimum atomic E-state index is -0.862. The predicted molar refractivity (Wildman–Crippen MR) is 172 cm³/mol. The number of anilines is 1. The number of hydrogen-bond donors (Lipinski definition) is 3. The maximum atomic E-state index is 13.3. The van der Waals surface area contributed by atoms with Crippen molar-refractivity contribution in [3.05, 3.63) is 89.5 Å². The van der Waals surface area contributed by atoms with Crippen molar-refractivity contribution in [2.24, 2.45) is 16.6 Å². The summed E-state index contributed by atoms with van der Waals surface area (Å²) < 4.78 is 5.84. The van der Waals surface area contributed by atoms with Gasteiger partial charge in [-0.2, -0.15) is 4.99 Å². The molecule has 0 spiro atoms. The molecule has 0 aromatic heterocycles. The molecule has 2 aliphatic rings. The Kier molecular flexibility index (Phi) is 9.87. The molecule has 9 heteroatoms. The van der Waals surface area contributed by atoms with Crippen molar-refractivity contribution < 1.29 is 19.1 Å². The highest BCUT2D eigenvalue weighted by atomic mass is 16.6. The normalized spacial score (nSPS) is 16.9. The lowest BCUT2D eigenvalue weighted by molar-refractivity contribution is -0.122. The zero-order valence-corrected chi connectivity index (χ0v) is 25.6. The summed E-state index contributed by atoms with van der Waals surface area (Å²) in [6.45, 7) is 8.13. The van der Waals surface area contributed by atoms with Crippen LogP contribution in [0.1, 0.15) is 62.8 Å². The van der Waals surface area contributed by atoms with Crippen LogP contribution in [0, 0.1) is 5.92 Å². The van der Waals surface area contributed by atoms with Gasteiger partial charge in [0, 0.05) is 35.3 Å². The Morgan fingerprint density at radius 2 is 1.52 bits per heavy atom. The lowest BCUT2D eigenvalue weighted by Crippen LogP contribution is -2.46. The number of hydrogen-bond acceptors (Lipinski definition) is 6. The van der Waals surface area contributed by atoms with E-state index in [0.717, 1.165) is 60.3 Å². The first-order valence-electron chi connectivity index (χ1n) is 15.4. The first kappa shape index (κ1) is 31.1. The quantitative estimate of drug-likeness (QED) is 0.283. The van der Waals surface area contributed by atoms with E-state index in [-0.39, 0.29) is 17.5 Å². The molecule has 1 aliphatic heterocycles. The van der Waals surface area contributed by atoms with Crippen LogP contribution in [0.4, 0.5) is 10.5 Å². The largest absolute Gasteiger partial charge is 0.435 e. The van der Waals surface area contributed by atoms with Gasteiger partial charge in [0.25, 0.3) is 5.91 Å². The van der Waals surface area contributed by atoms with E-state index >= 15 is 0 Å². The Morgan fingerprint density at radius 1 is 0.932 bits per heavy atom. The lowest BCUT2D eigenvalue weighted by atomic mass is 10.0. The van der Waals surface area contributed by atoms with Gasteiger partial charge in [0.15, 0.2) is 6.10 Å². The van der Waals surface area contributed by atoms with Crippen molar-refractivity contribution in [3.63, 3.8) is 0 Å². The van der Waals surface area contributed by atoms with Gasteiger partial charge in [-0.3, -0.25) is 14.5 Å². The third kappa shape index (κ3) is 7.23. The van der Waals surface area contributed by atoms with Crippen LogP contribution in [0.25, 0.3) is 11.1 Å². The fraction of sp³-hybridized carbons (Fsp3) is 0.371. The molecule has 1 heterocycles. The topological polar surface area (TPSA) is 126 Å². The SMILES string of the molecule is CC[C@H](C)C(=NC(=O)OC1c2ccccc2-c2ccccc21)C(=O)N[C@@H](C)C(=O)Nc1ccc(CN2CCC(N)CC2)cc1. The van der Waals surface area contributed by atoms with Crippen molar-refractivity contribution >= 4 is 29.3 Å². The molecule has 1 aliphatic carbocycles. The summed E-state index contributed by atoms with van der Waals surface area (Å²) in [4.78, 5) is 45.8. The predicted octanol–water partition coefficient (Wildman–Crippen LogP) is 5.45. The molecule has 4 N–H and O–H groups in total. The molecule has 1 fully saturated rings. The molecule has 3 aromatic carbocycles. The van der Waals surface area contributed by atoms with Crippen LogP contribution in [0.2, 0.25) is 0 Å². The van der Waals surface area contributed by atoms with Gasteiger partial charge in [0.2, 0.25) is 5.91 Å². The van der Waals surface area contributed by atoms with Crippen LogP contribution in [0.15, 0.2) is 77.8 Å². The highest BCUT2D eigenvalue weighted by Gasteiger charge is 2.32. The van der Waals surface area contributed by atoms with E-state index in [1.165, 1.54) is 0 Å². The highest BCUT2D eigenvalue weighted by molar-refractivity contribution is 6.41. The van der Waals surface area contributed by atoms with Gasteiger partial charge >= 0.3 is 6.09 Å². The van der Waals surface area contributed by atoms with E-state index in [0.29, 0.717) is 18.2 Å². The summed E-state index contributed by atoms with van der Waals surface area (Å²) in [5, 5.41) is 5.57. The number of fused-ring (bicyclic) bond motifs is 3. The van der Waals surface area contributed by atoms with Gasteiger partial charge in [0.1, 0.15) is 11.8 Å². The number of nitrogens with one attached hydrogen (secondary N) is 2. The van der Waals surface area contributed by atoms with E-state index in [1.807, 2.05) is 86.6 Å². The lowest BCUT2D eigenvalue weighted by Gasteiger charge is -2.30. The number of nitrogens with zero attached hydrogens (tertiary/aromatic N) is 2. The zero-order valence-electron chi connectivity index (χ0n) is 25.6. The molecule has 0 radical (unpaired) electrons. The Labute approximate surface area is 258 Å². The third-order valence-corrected chi connectivity index (χ3v) is 8.52. The first-order valence-corrected chi connectivity index (χ1v) is 15.4. The molecular formula is C35H41N5O4. The third-order valence-electron chi connectivity index (χ3n) is 8.52.